The second-order valence-electron chi connectivity index (χ2n) is 6.24. The second-order valence-corrected chi connectivity index (χ2v) is 6.24. The zero-order valence-electron chi connectivity index (χ0n) is 13.7. The minimum absolute atomic E-state index is 0.106. The number of carbonyl (C=O) groups is 1. The molecule has 1 aliphatic heterocycles. The predicted molar refractivity (Wildman–Crippen MR) is 95.8 cm³/mol. The molecule has 2 heterocycles. The summed E-state index contributed by atoms with van der Waals surface area (Å²) < 4.78 is 2.23. The number of nitrogens with zero attached hydrogens (tertiary/aromatic N) is 2. The van der Waals surface area contributed by atoms with E-state index in [2.05, 4.69) is 42.0 Å². The molecular formula is C21H20N2O. The summed E-state index contributed by atoms with van der Waals surface area (Å²) in [7, 11) is 0. The van der Waals surface area contributed by atoms with Gasteiger partial charge in [0.25, 0.3) is 5.91 Å². The molecule has 0 fully saturated rings. The van der Waals surface area contributed by atoms with Gasteiger partial charge in [0.2, 0.25) is 0 Å². The standard InChI is InChI=1S/C21H20N2O/c1-16-20-8-5-13-22(20)14-15-23(16)21(24)19-11-9-18(10-12-19)17-6-3-2-4-7-17/h2-13,16H,14-15H2,1H3/t16-/m0/s1. The van der Waals surface area contributed by atoms with Crippen LogP contribution in [0.3, 0.4) is 0 Å². The highest BCUT2D eigenvalue weighted by atomic mass is 16.2. The molecule has 0 spiro atoms. The van der Waals surface area contributed by atoms with E-state index in [0.29, 0.717) is 0 Å². The summed E-state index contributed by atoms with van der Waals surface area (Å²) in [5, 5.41) is 0. The van der Waals surface area contributed by atoms with Gasteiger partial charge in [-0.25, -0.2) is 0 Å². The van der Waals surface area contributed by atoms with E-state index in [-0.39, 0.29) is 11.9 Å². The summed E-state index contributed by atoms with van der Waals surface area (Å²) in [6.45, 7) is 3.71. The van der Waals surface area contributed by atoms with E-state index in [4.69, 9.17) is 0 Å². The van der Waals surface area contributed by atoms with Crippen molar-refractivity contribution in [3.63, 3.8) is 0 Å². The monoisotopic (exact) mass is 316 g/mol. The minimum atomic E-state index is 0.106. The summed E-state index contributed by atoms with van der Waals surface area (Å²) in [6, 6.07) is 22.4. The number of amides is 1. The highest BCUT2D eigenvalue weighted by Gasteiger charge is 2.27. The number of rotatable bonds is 2. The van der Waals surface area contributed by atoms with Crippen molar-refractivity contribution in [3.8, 4) is 11.1 Å². The molecule has 1 aliphatic rings. The van der Waals surface area contributed by atoms with Gasteiger partial charge in [0.05, 0.1) is 6.04 Å². The van der Waals surface area contributed by atoms with Gasteiger partial charge in [-0.2, -0.15) is 0 Å². The Balaban J connectivity index is 1.57. The lowest BCUT2D eigenvalue weighted by Crippen LogP contribution is -2.40. The average Bonchev–Trinajstić information content (AvgIpc) is 3.12. The first-order valence-electron chi connectivity index (χ1n) is 8.35. The number of hydrogen-bond acceptors (Lipinski definition) is 1. The molecule has 0 bridgehead atoms. The Morgan fingerprint density at radius 3 is 2.33 bits per heavy atom. The molecule has 2 aromatic carbocycles. The van der Waals surface area contributed by atoms with Gasteiger partial charge in [-0.1, -0.05) is 42.5 Å². The average molecular weight is 316 g/mol. The van der Waals surface area contributed by atoms with E-state index in [1.54, 1.807) is 0 Å². The summed E-state index contributed by atoms with van der Waals surface area (Å²) >= 11 is 0. The fourth-order valence-corrected chi connectivity index (χ4v) is 3.46. The van der Waals surface area contributed by atoms with Crippen molar-refractivity contribution in [2.75, 3.05) is 6.54 Å². The topological polar surface area (TPSA) is 25.2 Å². The zero-order chi connectivity index (χ0) is 16.5. The Kier molecular flexibility index (Phi) is 3.69. The van der Waals surface area contributed by atoms with Gasteiger partial charge >= 0.3 is 0 Å². The van der Waals surface area contributed by atoms with E-state index >= 15 is 0 Å². The molecule has 3 heteroatoms. The normalized spacial score (nSPS) is 16.7. The van der Waals surface area contributed by atoms with E-state index in [1.807, 2.05) is 47.4 Å². The summed E-state index contributed by atoms with van der Waals surface area (Å²) in [4.78, 5) is 14.9. The Bertz CT molecular complexity index is 849. The van der Waals surface area contributed by atoms with Gasteiger partial charge in [-0.05, 0) is 42.3 Å². The van der Waals surface area contributed by atoms with Crippen molar-refractivity contribution >= 4 is 5.91 Å². The lowest BCUT2D eigenvalue weighted by Gasteiger charge is -2.35. The first kappa shape index (κ1) is 14.8. The van der Waals surface area contributed by atoms with Crippen LogP contribution in [0, 0.1) is 0 Å². The number of benzene rings is 2. The molecule has 1 amide bonds. The van der Waals surface area contributed by atoms with Gasteiger partial charge in [0.1, 0.15) is 0 Å². The molecule has 24 heavy (non-hydrogen) atoms. The van der Waals surface area contributed by atoms with Crippen LogP contribution in [0.4, 0.5) is 0 Å². The maximum absolute atomic E-state index is 12.9. The van der Waals surface area contributed by atoms with Crippen LogP contribution in [0.25, 0.3) is 11.1 Å². The Labute approximate surface area is 142 Å². The SMILES string of the molecule is C[C@H]1c2cccn2CCN1C(=O)c1ccc(-c2ccccc2)cc1. The smallest absolute Gasteiger partial charge is 0.254 e. The van der Waals surface area contributed by atoms with Gasteiger partial charge < -0.3 is 9.47 Å². The van der Waals surface area contributed by atoms with Gasteiger partial charge in [0, 0.05) is 30.5 Å². The van der Waals surface area contributed by atoms with Crippen LogP contribution in [0.1, 0.15) is 29.0 Å². The molecule has 0 aliphatic carbocycles. The quantitative estimate of drug-likeness (QED) is 0.689. The van der Waals surface area contributed by atoms with Crippen molar-refractivity contribution in [2.24, 2.45) is 0 Å². The Morgan fingerprint density at radius 1 is 0.875 bits per heavy atom. The lowest BCUT2D eigenvalue weighted by molar-refractivity contribution is 0.0644. The minimum Gasteiger partial charge on any atom is -0.348 e. The fourth-order valence-electron chi connectivity index (χ4n) is 3.46. The molecule has 0 saturated carbocycles. The molecule has 0 saturated heterocycles. The van der Waals surface area contributed by atoms with Gasteiger partial charge in [-0.3, -0.25) is 4.79 Å². The van der Waals surface area contributed by atoms with Crippen molar-refractivity contribution in [1.29, 1.82) is 0 Å². The maximum atomic E-state index is 12.9. The molecule has 0 radical (unpaired) electrons. The third-order valence-corrected chi connectivity index (χ3v) is 4.84. The summed E-state index contributed by atoms with van der Waals surface area (Å²) in [5.41, 5.74) is 4.26. The molecule has 120 valence electrons. The van der Waals surface area contributed by atoms with Crippen molar-refractivity contribution < 1.29 is 4.79 Å². The van der Waals surface area contributed by atoms with Crippen LogP contribution in [0.15, 0.2) is 72.9 Å². The second kappa shape index (κ2) is 6.00. The fraction of sp³-hybridized carbons (Fsp3) is 0.190. The zero-order valence-corrected chi connectivity index (χ0v) is 13.7. The van der Waals surface area contributed by atoms with E-state index < -0.39 is 0 Å². The van der Waals surface area contributed by atoms with Crippen LogP contribution in [-0.2, 0) is 6.54 Å². The lowest BCUT2D eigenvalue weighted by atomic mass is 10.0. The predicted octanol–water partition coefficient (Wildman–Crippen LogP) is 4.37. The van der Waals surface area contributed by atoms with Gasteiger partial charge in [-0.15, -0.1) is 0 Å². The third-order valence-electron chi connectivity index (χ3n) is 4.84. The van der Waals surface area contributed by atoms with Crippen LogP contribution < -0.4 is 0 Å². The first-order valence-corrected chi connectivity index (χ1v) is 8.35. The van der Waals surface area contributed by atoms with Crippen LogP contribution in [0.2, 0.25) is 0 Å². The number of carbonyl (C=O) groups excluding carboxylic acids is 1. The molecule has 1 atom stereocenters. The molecule has 3 aromatic rings. The highest BCUT2D eigenvalue weighted by Crippen LogP contribution is 2.27. The molecule has 0 unspecified atom stereocenters. The summed E-state index contributed by atoms with van der Waals surface area (Å²) in [5.74, 6) is 0.106. The molecule has 1 aromatic heterocycles. The van der Waals surface area contributed by atoms with Gasteiger partial charge in [0.15, 0.2) is 0 Å². The summed E-state index contributed by atoms with van der Waals surface area (Å²) in [6.07, 6.45) is 2.09. The highest BCUT2D eigenvalue weighted by molar-refractivity contribution is 5.95. The number of aromatic nitrogens is 1. The van der Waals surface area contributed by atoms with E-state index in [1.165, 1.54) is 11.3 Å². The van der Waals surface area contributed by atoms with Crippen molar-refractivity contribution in [2.45, 2.75) is 19.5 Å². The first-order chi connectivity index (χ1) is 11.7. The van der Waals surface area contributed by atoms with E-state index in [0.717, 1.165) is 24.2 Å². The molecule has 3 nitrogen and oxygen atoms in total. The van der Waals surface area contributed by atoms with Crippen LogP contribution >= 0.6 is 0 Å². The third kappa shape index (κ3) is 2.52. The van der Waals surface area contributed by atoms with Crippen molar-refractivity contribution in [3.05, 3.63) is 84.2 Å². The largest absolute Gasteiger partial charge is 0.348 e. The van der Waals surface area contributed by atoms with Crippen molar-refractivity contribution in [1.82, 2.24) is 9.47 Å². The van der Waals surface area contributed by atoms with Crippen LogP contribution in [0.5, 0.6) is 0 Å². The molecule has 4 rings (SSSR count). The number of hydrogen-bond donors (Lipinski definition) is 0. The van der Waals surface area contributed by atoms with Crippen LogP contribution in [-0.4, -0.2) is 21.9 Å². The Morgan fingerprint density at radius 2 is 1.58 bits per heavy atom. The van der Waals surface area contributed by atoms with E-state index in [9.17, 15) is 4.79 Å². The molecular weight excluding hydrogens is 296 g/mol. The number of fused-ring (bicyclic) bond motifs is 1. The molecule has 0 N–H and O–H groups in total. The Hall–Kier alpha value is -2.81. The maximum Gasteiger partial charge on any atom is 0.254 e.